The minimum absolute atomic E-state index is 0. The molecule has 1 aromatic carbocycles. The van der Waals surface area contributed by atoms with Gasteiger partial charge in [-0.1, -0.05) is 24.3 Å². The minimum Gasteiger partial charge on any atom is -0.357 e. The van der Waals surface area contributed by atoms with Crippen LogP contribution in [-0.2, 0) is 19.6 Å². The van der Waals surface area contributed by atoms with E-state index in [4.69, 9.17) is 0 Å². The first-order valence-electron chi connectivity index (χ1n) is 7.93. The number of aliphatic imine (C=N–C) groups is 1. The third-order valence-electron chi connectivity index (χ3n) is 3.29. The van der Waals surface area contributed by atoms with E-state index in [-0.39, 0.29) is 24.0 Å². The van der Waals surface area contributed by atoms with Crippen LogP contribution < -0.4 is 10.6 Å². The van der Waals surface area contributed by atoms with Crippen molar-refractivity contribution in [1.29, 1.82) is 0 Å². The zero-order valence-corrected chi connectivity index (χ0v) is 17.7. The molecule has 4 nitrogen and oxygen atoms in total. The number of hydrogen-bond acceptors (Lipinski definition) is 3. The van der Waals surface area contributed by atoms with Gasteiger partial charge in [0.05, 0.1) is 6.54 Å². The molecule has 0 spiro atoms. The largest absolute Gasteiger partial charge is 0.357 e. The Morgan fingerprint density at radius 1 is 1.12 bits per heavy atom. The van der Waals surface area contributed by atoms with Gasteiger partial charge < -0.3 is 15.5 Å². The van der Waals surface area contributed by atoms with Gasteiger partial charge in [0.1, 0.15) is 0 Å². The molecule has 0 atom stereocenters. The zero-order valence-electron chi connectivity index (χ0n) is 14.6. The Morgan fingerprint density at radius 2 is 1.92 bits per heavy atom. The lowest BCUT2D eigenvalue weighted by molar-refractivity contribution is 0.402. The first-order valence-corrected chi connectivity index (χ1v) is 8.87. The number of nitrogens with one attached hydrogen (secondary N) is 2. The highest BCUT2D eigenvalue weighted by Crippen LogP contribution is 2.08. The summed E-state index contributed by atoms with van der Waals surface area (Å²) in [6, 6.07) is 10.8. The fraction of sp³-hybridized carbons (Fsp3) is 0.389. The maximum Gasteiger partial charge on any atom is 0.191 e. The average molecular weight is 458 g/mol. The molecule has 0 radical (unpaired) electrons. The molecule has 1 aromatic heterocycles. The van der Waals surface area contributed by atoms with Gasteiger partial charge in [0.2, 0.25) is 0 Å². The summed E-state index contributed by atoms with van der Waals surface area (Å²) in [5, 5.41) is 10.9. The number of hydrogen-bond donors (Lipinski definition) is 2. The molecule has 1 heterocycles. The van der Waals surface area contributed by atoms with Crippen LogP contribution >= 0.6 is 35.3 Å². The van der Waals surface area contributed by atoms with Gasteiger partial charge in [0.25, 0.3) is 0 Å². The van der Waals surface area contributed by atoms with E-state index in [1.807, 2.05) is 0 Å². The van der Waals surface area contributed by atoms with Crippen molar-refractivity contribution in [3.05, 3.63) is 57.8 Å². The smallest absolute Gasteiger partial charge is 0.191 e. The number of guanidine groups is 1. The van der Waals surface area contributed by atoms with E-state index in [1.54, 1.807) is 11.3 Å². The molecule has 0 bridgehead atoms. The lowest BCUT2D eigenvalue weighted by atomic mass is 10.1. The molecule has 2 rings (SSSR count). The Labute approximate surface area is 166 Å². The second-order valence-electron chi connectivity index (χ2n) is 5.74. The first-order chi connectivity index (χ1) is 11.2. The third-order valence-corrected chi connectivity index (χ3v) is 4.03. The highest BCUT2D eigenvalue weighted by atomic mass is 127. The van der Waals surface area contributed by atoms with Crippen molar-refractivity contribution >= 4 is 41.3 Å². The third kappa shape index (κ3) is 7.63. The summed E-state index contributed by atoms with van der Waals surface area (Å²) in [5.74, 6) is 0.858. The second kappa shape index (κ2) is 11.4. The van der Waals surface area contributed by atoms with Crippen LogP contribution in [0.1, 0.15) is 23.6 Å². The minimum atomic E-state index is 0. The fourth-order valence-electron chi connectivity index (χ4n) is 2.28. The Hall–Kier alpha value is -1.12. The number of thiophene rings is 1. The Morgan fingerprint density at radius 3 is 2.58 bits per heavy atom. The molecule has 0 fully saturated rings. The highest BCUT2D eigenvalue weighted by molar-refractivity contribution is 14.0. The molecule has 0 saturated carbocycles. The Kier molecular flexibility index (Phi) is 9.97. The van der Waals surface area contributed by atoms with Gasteiger partial charge >= 0.3 is 0 Å². The Balaban J connectivity index is 0.00000288. The van der Waals surface area contributed by atoms with E-state index in [0.717, 1.165) is 25.6 Å². The van der Waals surface area contributed by atoms with Gasteiger partial charge in [0, 0.05) is 19.6 Å². The van der Waals surface area contributed by atoms with Crippen molar-refractivity contribution in [3.8, 4) is 0 Å². The summed E-state index contributed by atoms with van der Waals surface area (Å²) in [4.78, 5) is 6.81. The molecule has 0 saturated heterocycles. The molecule has 0 aliphatic heterocycles. The normalized spacial score (nSPS) is 11.2. The van der Waals surface area contributed by atoms with E-state index in [0.29, 0.717) is 6.54 Å². The predicted molar refractivity (Wildman–Crippen MR) is 115 cm³/mol. The van der Waals surface area contributed by atoms with Crippen molar-refractivity contribution in [2.45, 2.75) is 26.6 Å². The summed E-state index contributed by atoms with van der Waals surface area (Å²) in [7, 11) is 4.18. The molecule has 132 valence electrons. The van der Waals surface area contributed by atoms with Crippen molar-refractivity contribution in [1.82, 2.24) is 15.5 Å². The van der Waals surface area contributed by atoms with Crippen LogP contribution in [0.25, 0.3) is 0 Å². The van der Waals surface area contributed by atoms with Crippen LogP contribution in [0.2, 0.25) is 0 Å². The quantitative estimate of drug-likeness (QED) is 0.378. The molecule has 0 unspecified atom stereocenters. The van der Waals surface area contributed by atoms with Crippen LogP contribution in [0.3, 0.4) is 0 Å². The molecular formula is C18H27IN4S. The van der Waals surface area contributed by atoms with Crippen molar-refractivity contribution in [3.63, 3.8) is 0 Å². The molecule has 0 amide bonds. The van der Waals surface area contributed by atoms with Gasteiger partial charge in [-0.05, 0) is 54.5 Å². The second-order valence-corrected chi connectivity index (χ2v) is 6.52. The molecule has 2 N–H and O–H groups in total. The summed E-state index contributed by atoms with van der Waals surface area (Å²) < 4.78 is 0. The lowest BCUT2D eigenvalue weighted by Gasteiger charge is -2.13. The maximum absolute atomic E-state index is 4.63. The van der Waals surface area contributed by atoms with Gasteiger partial charge in [-0.25, -0.2) is 4.99 Å². The van der Waals surface area contributed by atoms with Gasteiger partial charge in [-0.2, -0.15) is 11.3 Å². The highest BCUT2D eigenvalue weighted by Gasteiger charge is 2.01. The predicted octanol–water partition coefficient (Wildman–Crippen LogP) is 3.68. The first kappa shape index (κ1) is 20.9. The van der Waals surface area contributed by atoms with Crippen molar-refractivity contribution < 1.29 is 0 Å². The van der Waals surface area contributed by atoms with Gasteiger partial charge in [-0.15, -0.1) is 24.0 Å². The fourth-order valence-corrected chi connectivity index (χ4v) is 2.94. The van der Waals surface area contributed by atoms with E-state index >= 15 is 0 Å². The molecule has 0 aliphatic carbocycles. The summed E-state index contributed by atoms with van der Waals surface area (Å²) in [6.07, 6.45) is 0. The molecule has 6 heteroatoms. The van der Waals surface area contributed by atoms with Crippen LogP contribution in [0, 0.1) is 0 Å². The van der Waals surface area contributed by atoms with Crippen LogP contribution in [-0.4, -0.2) is 31.5 Å². The number of halogens is 1. The van der Waals surface area contributed by atoms with E-state index < -0.39 is 0 Å². The topological polar surface area (TPSA) is 39.7 Å². The van der Waals surface area contributed by atoms with Crippen molar-refractivity contribution in [2.24, 2.45) is 4.99 Å². The number of nitrogens with zero attached hydrogens (tertiary/aromatic N) is 2. The summed E-state index contributed by atoms with van der Waals surface area (Å²) in [6.45, 7) is 5.38. The molecule has 2 aromatic rings. The molecule has 0 aliphatic rings. The summed E-state index contributed by atoms with van der Waals surface area (Å²) in [5.41, 5.74) is 3.85. The Bertz CT molecular complexity index is 611. The monoisotopic (exact) mass is 458 g/mol. The van der Waals surface area contributed by atoms with E-state index in [9.17, 15) is 0 Å². The van der Waals surface area contributed by atoms with Crippen molar-refractivity contribution in [2.75, 3.05) is 20.6 Å². The van der Waals surface area contributed by atoms with Gasteiger partial charge in [-0.3, -0.25) is 0 Å². The molecular weight excluding hydrogens is 431 g/mol. The van der Waals surface area contributed by atoms with E-state index in [1.165, 1.54) is 16.7 Å². The maximum atomic E-state index is 4.63. The van der Waals surface area contributed by atoms with E-state index in [2.05, 4.69) is 82.6 Å². The lowest BCUT2D eigenvalue weighted by Crippen LogP contribution is -2.36. The van der Waals surface area contributed by atoms with Gasteiger partial charge in [0.15, 0.2) is 5.96 Å². The standard InChI is InChI=1S/C18H26N4S.HI/c1-4-19-18(21-12-17-8-9-23-14-17)20-11-15-6-5-7-16(10-15)13-22(2)3;/h5-10,14H,4,11-13H2,1-3H3,(H2,19,20,21);1H. The average Bonchev–Trinajstić information content (AvgIpc) is 3.03. The molecule has 24 heavy (non-hydrogen) atoms. The number of benzene rings is 1. The zero-order chi connectivity index (χ0) is 16.5. The SMILES string of the molecule is CCNC(=NCc1ccsc1)NCc1cccc(CN(C)C)c1.I. The van der Waals surface area contributed by atoms with Crippen LogP contribution in [0.5, 0.6) is 0 Å². The summed E-state index contributed by atoms with van der Waals surface area (Å²) >= 11 is 1.71. The van der Waals surface area contributed by atoms with Crippen LogP contribution in [0.4, 0.5) is 0 Å². The van der Waals surface area contributed by atoms with Crippen LogP contribution in [0.15, 0.2) is 46.1 Å². The number of rotatable bonds is 7.